The third kappa shape index (κ3) is 4.22. The van der Waals surface area contributed by atoms with Gasteiger partial charge in [-0.3, -0.25) is 9.59 Å². The number of piperazine rings is 1. The Kier molecular flexibility index (Phi) is 5.41. The zero-order valence-electron chi connectivity index (χ0n) is 14.0. The number of terminal acetylenes is 1. The van der Waals surface area contributed by atoms with E-state index in [2.05, 4.69) is 11.2 Å². The van der Waals surface area contributed by atoms with E-state index in [0.717, 1.165) is 18.0 Å². The molecule has 0 radical (unpaired) electrons. The van der Waals surface area contributed by atoms with Gasteiger partial charge in [0.15, 0.2) is 18.0 Å². The van der Waals surface area contributed by atoms with Crippen molar-refractivity contribution in [3.8, 4) is 23.8 Å². The topological polar surface area (TPSA) is 72.3 Å². The van der Waals surface area contributed by atoms with Gasteiger partial charge in [0.05, 0.1) is 32.7 Å². The SMILES string of the molecule is C#CCNC(=O)C[NH+]1CCN(C(=O)[C@H]2COc3ccccc3O2)CC1. The second-order valence-electron chi connectivity index (χ2n) is 6.10. The molecule has 1 fully saturated rings. The summed E-state index contributed by atoms with van der Waals surface area (Å²) >= 11 is 0. The van der Waals surface area contributed by atoms with Crippen LogP contribution in [-0.2, 0) is 9.59 Å². The average Bonchev–Trinajstić information content (AvgIpc) is 2.66. The van der Waals surface area contributed by atoms with E-state index in [4.69, 9.17) is 15.9 Å². The number of hydrogen-bond acceptors (Lipinski definition) is 4. The van der Waals surface area contributed by atoms with E-state index in [9.17, 15) is 9.59 Å². The Bertz CT molecular complexity index is 677. The minimum atomic E-state index is -0.615. The van der Waals surface area contributed by atoms with Crippen molar-refractivity contribution in [2.75, 3.05) is 45.9 Å². The summed E-state index contributed by atoms with van der Waals surface area (Å²) in [5.41, 5.74) is 0. The fraction of sp³-hybridized carbons (Fsp3) is 0.444. The van der Waals surface area contributed by atoms with Gasteiger partial charge in [-0.15, -0.1) is 6.42 Å². The highest BCUT2D eigenvalue weighted by Gasteiger charge is 2.33. The fourth-order valence-corrected chi connectivity index (χ4v) is 3.00. The second-order valence-corrected chi connectivity index (χ2v) is 6.10. The lowest BCUT2D eigenvalue weighted by atomic mass is 10.2. The molecule has 0 aliphatic carbocycles. The summed E-state index contributed by atoms with van der Waals surface area (Å²) in [5, 5.41) is 2.66. The minimum absolute atomic E-state index is 0.0617. The quantitative estimate of drug-likeness (QED) is 0.639. The molecule has 132 valence electrons. The molecule has 2 amide bonds. The number of amides is 2. The number of carbonyl (C=O) groups is 2. The lowest BCUT2D eigenvalue weighted by molar-refractivity contribution is -0.896. The minimum Gasteiger partial charge on any atom is -0.485 e. The Morgan fingerprint density at radius 2 is 2.00 bits per heavy atom. The van der Waals surface area contributed by atoms with Gasteiger partial charge in [-0.05, 0) is 12.1 Å². The van der Waals surface area contributed by atoms with Crippen LogP contribution in [0, 0.1) is 12.3 Å². The first-order valence-corrected chi connectivity index (χ1v) is 8.38. The molecule has 0 bridgehead atoms. The molecule has 3 rings (SSSR count). The molecule has 2 aliphatic rings. The van der Waals surface area contributed by atoms with Gasteiger partial charge < -0.3 is 24.6 Å². The molecule has 0 unspecified atom stereocenters. The maximum absolute atomic E-state index is 12.6. The van der Waals surface area contributed by atoms with Crippen LogP contribution in [0.4, 0.5) is 0 Å². The molecule has 25 heavy (non-hydrogen) atoms. The number of nitrogens with one attached hydrogen (secondary N) is 2. The molecule has 1 aromatic rings. The molecule has 2 heterocycles. The number of benzene rings is 1. The summed E-state index contributed by atoms with van der Waals surface area (Å²) in [7, 11) is 0. The van der Waals surface area contributed by atoms with Crippen molar-refractivity contribution in [1.29, 1.82) is 0 Å². The lowest BCUT2D eigenvalue weighted by Crippen LogP contribution is -3.16. The summed E-state index contributed by atoms with van der Waals surface area (Å²) in [6.45, 7) is 3.48. The van der Waals surface area contributed by atoms with Crippen molar-refractivity contribution < 1.29 is 24.0 Å². The van der Waals surface area contributed by atoms with Crippen LogP contribution in [0.15, 0.2) is 24.3 Å². The third-order valence-corrected chi connectivity index (χ3v) is 4.36. The Morgan fingerprint density at radius 1 is 1.28 bits per heavy atom. The molecule has 2 aliphatic heterocycles. The van der Waals surface area contributed by atoms with Gasteiger partial charge in [0, 0.05) is 0 Å². The summed E-state index contributed by atoms with van der Waals surface area (Å²) in [4.78, 5) is 27.3. The van der Waals surface area contributed by atoms with E-state index in [1.54, 1.807) is 11.0 Å². The van der Waals surface area contributed by atoms with Gasteiger partial charge in [-0.2, -0.15) is 0 Å². The van der Waals surface area contributed by atoms with Crippen LogP contribution in [0.5, 0.6) is 11.5 Å². The third-order valence-electron chi connectivity index (χ3n) is 4.36. The van der Waals surface area contributed by atoms with E-state index in [1.807, 2.05) is 18.2 Å². The Labute approximate surface area is 146 Å². The fourth-order valence-electron chi connectivity index (χ4n) is 3.00. The normalized spacial score (nSPS) is 19.8. The van der Waals surface area contributed by atoms with Gasteiger partial charge in [-0.1, -0.05) is 18.1 Å². The molecule has 2 N–H and O–H groups in total. The molecule has 0 aromatic heterocycles. The largest absolute Gasteiger partial charge is 0.485 e. The van der Waals surface area contributed by atoms with E-state index in [1.165, 1.54) is 0 Å². The highest BCUT2D eigenvalue weighted by molar-refractivity contribution is 5.82. The molecule has 7 nitrogen and oxygen atoms in total. The van der Waals surface area contributed by atoms with Gasteiger partial charge in [-0.25, -0.2) is 0 Å². The number of ether oxygens (including phenoxy) is 2. The smallest absolute Gasteiger partial charge is 0.275 e. The number of nitrogens with zero attached hydrogens (tertiary/aromatic N) is 1. The molecule has 7 heteroatoms. The summed E-state index contributed by atoms with van der Waals surface area (Å²) in [6.07, 6.45) is 4.51. The van der Waals surface area contributed by atoms with Gasteiger partial charge in [0.2, 0.25) is 6.10 Å². The number of rotatable bonds is 4. The molecule has 0 saturated carbocycles. The number of carbonyl (C=O) groups excluding carboxylic acids is 2. The highest BCUT2D eigenvalue weighted by atomic mass is 16.6. The zero-order valence-corrected chi connectivity index (χ0v) is 14.0. The van der Waals surface area contributed by atoms with E-state index in [-0.39, 0.29) is 25.0 Å². The van der Waals surface area contributed by atoms with Crippen LogP contribution < -0.4 is 19.7 Å². The predicted octanol–water partition coefficient (Wildman–Crippen LogP) is -1.70. The molecule has 1 aromatic carbocycles. The number of quaternary nitrogens is 1. The van der Waals surface area contributed by atoms with Crippen molar-refractivity contribution in [3.05, 3.63) is 24.3 Å². The number of hydrogen-bond donors (Lipinski definition) is 2. The highest BCUT2D eigenvalue weighted by Crippen LogP contribution is 2.31. The summed E-state index contributed by atoms with van der Waals surface area (Å²) in [5.74, 6) is 3.52. The standard InChI is InChI=1S/C18H21N3O4/c1-2-7-19-17(22)12-20-8-10-21(11-9-20)18(23)16-13-24-14-5-3-4-6-15(14)25-16/h1,3-6,16H,7-13H2,(H,19,22)/p+1/t16-/m1/s1. The molecule has 0 spiro atoms. The maximum Gasteiger partial charge on any atom is 0.275 e. The molecular formula is C18H22N3O4+. The van der Waals surface area contributed by atoms with Crippen molar-refractivity contribution in [1.82, 2.24) is 10.2 Å². The Hall–Kier alpha value is -2.72. The second kappa shape index (κ2) is 7.90. The van der Waals surface area contributed by atoms with Crippen molar-refractivity contribution in [2.45, 2.75) is 6.10 Å². The van der Waals surface area contributed by atoms with Gasteiger partial charge >= 0.3 is 0 Å². The molecule has 1 saturated heterocycles. The van der Waals surface area contributed by atoms with Crippen LogP contribution in [0.3, 0.4) is 0 Å². The predicted molar refractivity (Wildman–Crippen MR) is 90.3 cm³/mol. The lowest BCUT2D eigenvalue weighted by Gasteiger charge is -2.35. The van der Waals surface area contributed by atoms with Crippen molar-refractivity contribution in [3.63, 3.8) is 0 Å². The van der Waals surface area contributed by atoms with Crippen LogP contribution >= 0.6 is 0 Å². The monoisotopic (exact) mass is 344 g/mol. The van der Waals surface area contributed by atoms with Gasteiger partial charge in [0.1, 0.15) is 6.61 Å². The molecular weight excluding hydrogens is 322 g/mol. The van der Waals surface area contributed by atoms with E-state index in [0.29, 0.717) is 31.1 Å². The summed E-state index contributed by atoms with van der Waals surface area (Å²) in [6, 6.07) is 7.34. The van der Waals surface area contributed by atoms with Crippen LogP contribution in [0.2, 0.25) is 0 Å². The van der Waals surface area contributed by atoms with Crippen molar-refractivity contribution >= 4 is 11.8 Å². The maximum atomic E-state index is 12.6. The Morgan fingerprint density at radius 3 is 2.72 bits per heavy atom. The van der Waals surface area contributed by atoms with Gasteiger partial charge in [0.25, 0.3) is 11.8 Å². The van der Waals surface area contributed by atoms with Crippen LogP contribution in [0.25, 0.3) is 0 Å². The van der Waals surface area contributed by atoms with E-state index >= 15 is 0 Å². The number of para-hydroxylation sites is 2. The summed E-state index contributed by atoms with van der Waals surface area (Å²) < 4.78 is 11.4. The first kappa shape index (κ1) is 17.1. The van der Waals surface area contributed by atoms with Crippen molar-refractivity contribution in [2.24, 2.45) is 0 Å². The average molecular weight is 344 g/mol. The molecule has 1 atom stereocenters. The first-order chi connectivity index (χ1) is 12.2. The Balaban J connectivity index is 1.48. The van der Waals surface area contributed by atoms with Crippen LogP contribution in [0.1, 0.15) is 0 Å². The van der Waals surface area contributed by atoms with E-state index < -0.39 is 6.10 Å². The number of fused-ring (bicyclic) bond motifs is 1. The first-order valence-electron chi connectivity index (χ1n) is 8.38. The van der Waals surface area contributed by atoms with Crippen LogP contribution in [-0.4, -0.2) is 68.7 Å². The zero-order chi connectivity index (χ0) is 17.6.